The molecule has 1 fully saturated rings. The van der Waals surface area contributed by atoms with Crippen LogP contribution < -0.4 is 4.90 Å². The number of anilines is 1. The Morgan fingerprint density at radius 1 is 1.24 bits per heavy atom. The first kappa shape index (κ1) is 10.8. The summed E-state index contributed by atoms with van der Waals surface area (Å²) < 4.78 is 1.85. The van der Waals surface area contributed by atoms with Crippen molar-refractivity contribution in [1.82, 2.24) is 14.6 Å². The van der Waals surface area contributed by atoms with Crippen LogP contribution in [0.15, 0.2) is 6.07 Å². The predicted molar refractivity (Wildman–Crippen MR) is 68.9 cm³/mol. The fourth-order valence-corrected chi connectivity index (χ4v) is 2.56. The average molecular weight is 251 g/mol. The van der Waals surface area contributed by atoms with Crippen molar-refractivity contribution in [1.29, 1.82) is 0 Å². The van der Waals surface area contributed by atoms with E-state index in [1.807, 2.05) is 24.4 Å². The van der Waals surface area contributed by atoms with Gasteiger partial charge in [0.15, 0.2) is 10.8 Å². The number of aryl methyl sites for hydroxylation is 2. The van der Waals surface area contributed by atoms with Gasteiger partial charge in [-0.3, -0.25) is 0 Å². The number of hydrogen-bond donors (Lipinski definition) is 0. The largest absolute Gasteiger partial charge is 0.368 e. The van der Waals surface area contributed by atoms with Gasteiger partial charge in [0.25, 0.3) is 0 Å². The summed E-state index contributed by atoms with van der Waals surface area (Å²) in [7, 11) is 0. The third-order valence-electron chi connectivity index (χ3n) is 3.44. The lowest BCUT2D eigenvalue weighted by molar-refractivity contribution is 0.879. The molecule has 3 heterocycles. The topological polar surface area (TPSA) is 33.4 Å². The minimum Gasteiger partial charge on any atom is -0.368 e. The van der Waals surface area contributed by atoms with Gasteiger partial charge in [0, 0.05) is 19.2 Å². The van der Waals surface area contributed by atoms with E-state index in [1.54, 1.807) is 0 Å². The fourth-order valence-electron chi connectivity index (χ4n) is 2.38. The molecule has 1 aliphatic heterocycles. The molecule has 0 N–H and O–H groups in total. The van der Waals surface area contributed by atoms with E-state index in [2.05, 4.69) is 15.0 Å². The van der Waals surface area contributed by atoms with E-state index in [4.69, 9.17) is 11.6 Å². The summed E-state index contributed by atoms with van der Waals surface area (Å²) in [4.78, 5) is 6.94. The van der Waals surface area contributed by atoms with Crippen LogP contribution in [0.4, 0.5) is 5.69 Å². The van der Waals surface area contributed by atoms with Gasteiger partial charge in [0.2, 0.25) is 0 Å². The van der Waals surface area contributed by atoms with Gasteiger partial charge in [0.1, 0.15) is 0 Å². The van der Waals surface area contributed by atoms with E-state index in [0.717, 1.165) is 35.8 Å². The molecule has 2 aromatic rings. The quantitative estimate of drug-likeness (QED) is 0.780. The summed E-state index contributed by atoms with van der Waals surface area (Å²) in [6.45, 7) is 6.19. The van der Waals surface area contributed by atoms with Gasteiger partial charge in [-0.15, -0.1) is 0 Å². The van der Waals surface area contributed by atoms with Crippen molar-refractivity contribution < 1.29 is 0 Å². The van der Waals surface area contributed by atoms with Crippen LogP contribution in [0.2, 0.25) is 5.15 Å². The fraction of sp³-hybridized carbons (Fsp3) is 0.500. The molecule has 0 aliphatic carbocycles. The van der Waals surface area contributed by atoms with Crippen molar-refractivity contribution in [3.63, 3.8) is 0 Å². The lowest BCUT2D eigenvalue weighted by Gasteiger charge is -2.18. The molecular weight excluding hydrogens is 236 g/mol. The van der Waals surface area contributed by atoms with E-state index < -0.39 is 0 Å². The Balaban J connectivity index is 2.25. The van der Waals surface area contributed by atoms with Gasteiger partial charge >= 0.3 is 0 Å². The molecule has 90 valence electrons. The highest BCUT2D eigenvalue weighted by Crippen LogP contribution is 2.28. The molecule has 0 aromatic carbocycles. The second kappa shape index (κ2) is 3.88. The standard InChI is InChI=1S/C12H15ClN4/c1-8-9(2)17-12(14-8)10(7-11(13)15-17)16-5-3-4-6-16/h7H,3-6H2,1-2H3. The maximum atomic E-state index is 6.10. The van der Waals surface area contributed by atoms with Crippen molar-refractivity contribution in [3.05, 3.63) is 22.6 Å². The Labute approximate surface area is 105 Å². The lowest BCUT2D eigenvalue weighted by atomic mass is 10.4. The number of nitrogens with zero attached hydrogens (tertiary/aromatic N) is 4. The van der Waals surface area contributed by atoms with Crippen molar-refractivity contribution in [2.75, 3.05) is 18.0 Å². The minimum atomic E-state index is 0.528. The molecule has 2 aromatic heterocycles. The molecule has 1 saturated heterocycles. The predicted octanol–water partition coefficient (Wildman–Crippen LogP) is 2.60. The first-order valence-corrected chi connectivity index (χ1v) is 6.32. The summed E-state index contributed by atoms with van der Waals surface area (Å²) in [6, 6.07) is 1.92. The van der Waals surface area contributed by atoms with Crippen molar-refractivity contribution in [2.45, 2.75) is 26.7 Å². The molecule has 0 amide bonds. The van der Waals surface area contributed by atoms with Crippen LogP contribution in [-0.2, 0) is 0 Å². The van der Waals surface area contributed by atoms with E-state index >= 15 is 0 Å². The summed E-state index contributed by atoms with van der Waals surface area (Å²) >= 11 is 6.10. The van der Waals surface area contributed by atoms with Gasteiger partial charge in [-0.25, -0.2) is 9.50 Å². The van der Waals surface area contributed by atoms with E-state index in [1.165, 1.54) is 12.8 Å². The van der Waals surface area contributed by atoms with Crippen LogP contribution in [0.5, 0.6) is 0 Å². The van der Waals surface area contributed by atoms with Gasteiger partial charge < -0.3 is 4.90 Å². The first-order chi connectivity index (χ1) is 8.16. The van der Waals surface area contributed by atoms with Crippen molar-refractivity contribution in [3.8, 4) is 0 Å². The third kappa shape index (κ3) is 1.67. The molecule has 5 heteroatoms. The zero-order valence-corrected chi connectivity index (χ0v) is 10.8. The zero-order valence-electron chi connectivity index (χ0n) is 10.1. The Hall–Kier alpha value is -1.29. The highest BCUT2D eigenvalue weighted by atomic mass is 35.5. The monoisotopic (exact) mass is 250 g/mol. The van der Waals surface area contributed by atoms with Crippen LogP contribution in [0.25, 0.3) is 5.65 Å². The highest BCUT2D eigenvalue weighted by Gasteiger charge is 2.19. The molecule has 0 saturated carbocycles. The summed E-state index contributed by atoms with van der Waals surface area (Å²) in [5.74, 6) is 0. The van der Waals surface area contributed by atoms with Crippen LogP contribution in [0, 0.1) is 13.8 Å². The maximum Gasteiger partial charge on any atom is 0.177 e. The Morgan fingerprint density at radius 3 is 2.65 bits per heavy atom. The van der Waals surface area contributed by atoms with Crippen LogP contribution in [-0.4, -0.2) is 27.7 Å². The second-order valence-corrected chi connectivity index (χ2v) is 4.95. The molecule has 0 atom stereocenters. The maximum absolute atomic E-state index is 6.10. The SMILES string of the molecule is Cc1nc2c(N3CCCC3)cc(Cl)nn2c1C. The summed E-state index contributed by atoms with van der Waals surface area (Å²) in [6.07, 6.45) is 2.48. The summed E-state index contributed by atoms with van der Waals surface area (Å²) in [5, 5.41) is 4.85. The molecule has 0 unspecified atom stereocenters. The van der Waals surface area contributed by atoms with Crippen LogP contribution >= 0.6 is 11.6 Å². The number of rotatable bonds is 1. The summed E-state index contributed by atoms with van der Waals surface area (Å²) in [5.41, 5.74) is 4.10. The Kier molecular flexibility index (Phi) is 2.47. The Morgan fingerprint density at radius 2 is 1.94 bits per heavy atom. The first-order valence-electron chi connectivity index (χ1n) is 5.94. The van der Waals surface area contributed by atoms with Crippen LogP contribution in [0.3, 0.4) is 0 Å². The van der Waals surface area contributed by atoms with E-state index in [9.17, 15) is 0 Å². The Bertz CT molecular complexity index is 569. The highest BCUT2D eigenvalue weighted by molar-refractivity contribution is 6.29. The number of halogens is 1. The van der Waals surface area contributed by atoms with Crippen molar-refractivity contribution in [2.24, 2.45) is 0 Å². The van der Waals surface area contributed by atoms with E-state index in [-0.39, 0.29) is 0 Å². The second-order valence-electron chi connectivity index (χ2n) is 4.56. The molecule has 0 spiro atoms. The molecule has 3 rings (SSSR count). The molecule has 1 aliphatic rings. The van der Waals surface area contributed by atoms with E-state index in [0.29, 0.717) is 5.15 Å². The molecule has 0 radical (unpaired) electrons. The van der Waals surface area contributed by atoms with Gasteiger partial charge in [-0.1, -0.05) is 11.6 Å². The molecule has 4 nitrogen and oxygen atoms in total. The molecule has 0 bridgehead atoms. The average Bonchev–Trinajstić information content (AvgIpc) is 2.90. The van der Waals surface area contributed by atoms with Gasteiger partial charge in [0.05, 0.1) is 17.1 Å². The smallest absolute Gasteiger partial charge is 0.177 e. The van der Waals surface area contributed by atoms with Crippen LogP contribution in [0.1, 0.15) is 24.2 Å². The van der Waals surface area contributed by atoms with Crippen molar-refractivity contribution >= 4 is 22.9 Å². The zero-order chi connectivity index (χ0) is 12.0. The third-order valence-corrected chi connectivity index (χ3v) is 3.63. The molecule has 17 heavy (non-hydrogen) atoms. The minimum absolute atomic E-state index is 0.528. The van der Waals surface area contributed by atoms with Gasteiger partial charge in [-0.05, 0) is 26.7 Å². The van der Waals surface area contributed by atoms with Gasteiger partial charge in [-0.2, -0.15) is 5.10 Å². The number of fused-ring (bicyclic) bond motifs is 1. The molecular formula is C12H15ClN4. The number of imidazole rings is 1. The normalized spacial score (nSPS) is 16.1. The number of aromatic nitrogens is 3. The lowest BCUT2D eigenvalue weighted by Crippen LogP contribution is -2.19. The number of hydrogen-bond acceptors (Lipinski definition) is 3.